The summed E-state index contributed by atoms with van der Waals surface area (Å²) >= 11 is 0. The van der Waals surface area contributed by atoms with E-state index in [1.54, 1.807) is 6.92 Å². The number of amides is 1. The Bertz CT molecular complexity index is 1190. The Morgan fingerprint density at radius 1 is 1.10 bits per heavy atom. The average Bonchev–Trinajstić information content (AvgIpc) is 2.67. The summed E-state index contributed by atoms with van der Waals surface area (Å²) in [4.78, 5) is 41.5. The lowest BCUT2D eigenvalue weighted by atomic mass is 10.1. The summed E-state index contributed by atoms with van der Waals surface area (Å²) < 4.78 is 38.8. The molecular weight excluding hydrogens is 413 g/mol. The molecule has 3 N–H and O–H groups in total. The van der Waals surface area contributed by atoms with E-state index in [0.29, 0.717) is 17.9 Å². The maximum atomic E-state index is 13.4. The largest absolute Gasteiger partial charge is 0.348 e. The number of carbonyl (C=O) groups is 1. The lowest BCUT2D eigenvalue weighted by Gasteiger charge is -2.14. The normalized spacial score (nSPS) is 11.7. The van der Waals surface area contributed by atoms with Crippen molar-refractivity contribution in [2.45, 2.75) is 39.7 Å². The molecular formula is C21H27F3N4O3. The number of rotatable bonds is 5. The summed E-state index contributed by atoms with van der Waals surface area (Å²) in [5.41, 5.74) is -0.799. The van der Waals surface area contributed by atoms with Gasteiger partial charge in [0.2, 0.25) is 5.91 Å². The summed E-state index contributed by atoms with van der Waals surface area (Å²) in [6.07, 6.45) is 2.11. The third-order valence-corrected chi connectivity index (χ3v) is 4.27. The van der Waals surface area contributed by atoms with Crippen molar-refractivity contribution in [3.63, 3.8) is 0 Å². The molecule has 31 heavy (non-hydrogen) atoms. The SMILES string of the molecule is CC(C)CCC(=O)N[C@@H](C)c1ncc(F)cc1F.O=c1[nH]c(=O)c2cc(F)ccc2[nH]1.[HH].[HH]. The molecule has 7 nitrogen and oxygen atoms in total. The highest BCUT2D eigenvalue weighted by molar-refractivity contribution is 5.77. The predicted molar refractivity (Wildman–Crippen MR) is 114 cm³/mol. The minimum atomic E-state index is -0.744. The van der Waals surface area contributed by atoms with E-state index in [9.17, 15) is 27.6 Å². The van der Waals surface area contributed by atoms with Crippen LogP contribution in [0.1, 0.15) is 48.2 Å². The molecule has 0 fully saturated rings. The van der Waals surface area contributed by atoms with Crippen LogP contribution in [0.5, 0.6) is 0 Å². The van der Waals surface area contributed by atoms with E-state index in [4.69, 9.17) is 0 Å². The fourth-order valence-electron chi connectivity index (χ4n) is 2.68. The number of aromatic nitrogens is 3. The van der Waals surface area contributed by atoms with Gasteiger partial charge in [-0.2, -0.15) is 0 Å². The van der Waals surface area contributed by atoms with Crippen molar-refractivity contribution in [3.8, 4) is 0 Å². The number of carbonyl (C=O) groups excluding carboxylic acids is 1. The Balaban J connectivity index is 0.000000608. The first-order valence-corrected chi connectivity index (χ1v) is 9.59. The number of pyridine rings is 1. The van der Waals surface area contributed by atoms with Crippen molar-refractivity contribution < 1.29 is 20.8 Å². The van der Waals surface area contributed by atoms with Crippen molar-refractivity contribution in [3.05, 3.63) is 74.4 Å². The zero-order valence-electron chi connectivity index (χ0n) is 17.3. The molecule has 0 aliphatic carbocycles. The van der Waals surface area contributed by atoms with Gasteiger partial charge in [-0.25, -0.2) is 18.0 Å². The van der Waals surface area contributed by atoms with Crippen LogP contribution in [0.2, 0.25) is 0 Å². The fraction of sp³-hybridized carbons (Fsp3) is 0.333. The first-order chi connectivity index (χ1) is 14.6. The first kappa shape index (κ1) is 23.8. The number of halogens is 3. The number of aromatic amines is 2. The number of fused-ring (bicyclic) bond motifs is 1. The molecule has 3 rings (SSSR count). The molecule has 1 amide bonds. The molecule has 0 bridgehead atoms. The smallest absolute Gasteiger partial charge is 0.326 e. The van der Waals surface area contributed by atoms with E-state index in [1.807, 2.05) is 18.8 Å². The summed E-state index contributed by atoms with van der Waals surface area (Å²) in [5.74, 6) is -1.69. The quantitative estimate of drug-likeness (QED) is 0.561. The van der Waals surface area contributed by atoms with Gasteiger partial charge in [-0.05, 0) is 37.5 Å². The molecule has 2 heterocycles. The van der Waals surface area contributed by atoms with Crippen LogP contribution in [0.25, 0.3) is 10.9 Å². The highest BCUT2D eigenvalue weighted by atomic mass is 19.1. The predicted octanol–water partition coefficient (Wildman–Crippen LogP) is 3.82. The molecule has 1 atom stereocenters. The van der Waals surface area contributed by atoms with Gasteiger partial charge in [0.1, 0.15) is 17.5 Å². The summed E-state index contributed by atoms with van der Waals surface area (Å²) in [7, 11) is 0. The van der Waals surface area contributed by atoms with Crippen LogP contribution in [0.4, 0.5) is 13.2 Å². The van der Waals surface area contributed by atoms with Crippen molar-refractivity contribution >= 4 is 16.8 Å². The lowest BCUT2D eigenvalue weighted by Crippen LogP contribution is -2.28. The van der Waals surface area contributed by atoms with Crippen LogP contribution in [0.15, 0.2) is 40.1 Å². The monoisotopic (exact) mass is 440 g/mol. The molecule has 10 heteroatoms. The molecule has 1 aromatic carbocycles. The lowest BCUT2D eigenvalue weighted by molar-refractivity contribution is -0.122. The number of hydrogen-bond donors (Lipinski definition) is 3. The Morgan fingerprint density at radius 2 is 1.81 bits per heavy atom. The van der Waals surface area contributed by atoms with Gasteiger partial charge in [-0.15, -0.1) is 0 Å². The van der Waals surface area contributed by atoms with Crippen LogP contribution < -0.4 is 16.6 Å². The van der Waals surface area contributed by atoms with Crippen molar-refractivity contribution in [1.82, 2.24) is 20.3 Å². The maximum absolute atomic E-state index is 13.4. The zero-order valence-corrected chi connectivity index (χ0v) is 17.3. The standard InChI is InChI=1S/C13H18F2N2O.C8H5FN2O2.2H2/c1-8(2)4-5-12(18)17-9(3)13-11(15)6-10(14)7-16-13;9-4-1-2-6-5(3-4)7(12)11-8(13)10-6;;/h6-9H,4-5H2,1-3H3,(H,17,18);1-3H,(H2,10,11,12,13);2*1H/t9-;;;/m0.../s1. The summed E-state index contributed by atoms with van der Waals surface area (Å²) in [5, 5.41) is 2.79. The van der Waals surface area contributed by atoms with Crippen LogP contribution in [-0.4, -0.2) is 20.9 Å². The number of nitrogens with one attached hydrogen (secondary N) is 3. The molecule has 0 aliphatic rings. The van der Waals surface area contributed by atoms with Gasteiger partial charge < -0.3 is 10.3 Å². The van der Waals surface area contributed by atoms with Gasteiger partial charge in [0.05, 0.1) is 28.8 Å². The number of hydrogen-bond acceptors (Lipinski definition) is 4. The molecule has 0 saturated heterocycles. The van der Waals surface area contributed by atoms with Crippen molar-refractivity contribution in [2.24, 2.45) is 5.92 Å². The second-order valence-electron chi connectivity index (χ2n) is 7.34. The molecule has 0 unspecified atom stereocenters. The molecule has 170 valence electrons. The van der Waals surface area contributed by atoms with Crippen LogP contribution in [0.3, 0.4) is 0 Å². The Kier molecular flexibility index (Phi) is 8.12. The molecule has 0 aliphatic heterocycles. The van der Waals surface area contributed by atoms with Crippen LogP contribution >= 0.6 is 0 Å². The minimum Gasteiger partial charge on any atom is -0.348 e. The van der Waals surface area contributed by atoms with Gasteiger partial charge in [0.15, 0.2) is 0 Å². The Hall–Kier alpha value is -3.43. The highest BCUT2D eigenvalue weighted by Gasteiger charge is 2.15. The van der Waals surface area contributed by atoms with E-state index in [2.05, 4.69) is 15.3 Å². The van der Waals surface area contributed by atoms with E-state index in [-0.39, 0.29) is 19.8 Å². The van der Waals surface area contributed by atoms with Crippen molar-refractivity contribution in [2.75, 3.05) is 0 Å². The summed E-state index contributed by atoms with van der Waals surface area (Å²) in [6, 6.07) is 3.80. The minimum absolute atomic E-state index is 0. The number of nitrogens with zero attached hydrogens (tertiary/aromatic N) is 1. The average molecular weight is 440 g/mol. The van der Waals surface area contributed by atoms with E-state index < -0.39 is 34.7 Å². The molecule has 3 aromatic rings. The Labute approximate surface area is 178 Å². The highest BCUT2D eigenvalue weighted by Crippen LogP contribution is 2.15. The first-order valence-electron chi connectivity index (χ1n) is 9.59. The van der Waals surface area contributed by atoms with E-state index >= 15 is 0 Å². The third kappa shape index (κ3) is 7.09. The molecule has 2 aromatic heterocycles. The van der Waals surface area contributed by atoms with Gasteiger partial charge in [0.25, 0.3) is 5.56 Å². The second kappa shape index (κ2) is 10.6. The molecule has 0 spiro atoms. The third-order valence-electron chi connectivity index (χ3n) is 4.27. The van der Waals surface area contributed by atoms with Gasteiger partial charge in [0, 0.05) is 15.3 Å². The zero-order chi connectivity index (χ0) is 23.1. The van der Waals surface area contributed by atoms with E-state index in [0.717, 1.165) is 24.8 Å². The molecule has 0 radical (unpaired) electrons. The summed E-state index contributed by atoms with van der Waals surface area (Å²) in [6.45, 7) is 5.67. The van der Waals surface area contributed by atoms with Crippen LogP contribution in [0, 0.1) is 23.4 Å². The number of benzene rings is 1. The van der Waals surface area contributed by atoms with Gasteiger partial charge in [-0.3, -0.25) is 19.6 Å². The number of H-pyrrole nitrogens is 2. The van der Waals surface area contributed by atoms with Crippen molar-refractivity contribution in [1.29, 1.82) is 0 Å². The topological polar surface area (TPSA) is 108 Å². The van der Waals surface area contributed by atoms with Gasteiger partial charge >= 0.3 is 5.69 Å². The van der Waals surface area contributed by atoms with E-state index in [1.165, 1.54) is 12.1 Å². The van der Waals surface area contributed by atoms with Gasteiger partial charge in [-0.1, -0.05) is 13.8 Å². The Morgan fingerprint density at radius 3 is 2.45 bits per heavy atom. The van der Waals surface area contributed by atoms with Crippen LogP contribution in [-0.2, 0) is 4.79 Å². The maximum Gasteiger partial charge on any atom is 0.326 e. The fourth-order valence-corrected chi connectivity index (χ4v) is 2.68. The molecule has 0 saturated carbocycles. The second-order valence-corrected chi connectivity index (χ2v) is 7.34.